The standard InChI is InChI=1S/C23H29N3OS.C17H22N2OS.C10H16NSi.ClH.Mg.H/c1-22(2,3)28(27)26-23(13-12-17-10-11-17,20-8-5-9-21(25)15-20)19-7-4-6-18(14-19)16-24;1-17(2,3)21(20)19-16(10-9-13-7-8-13)15-6-4-5-14(11-15)12-18;1-11(12(2,3)4)10-8-6-5-7-9-10;;;/h4-9,14-15,17,26H,10-13,25H2,1-3H3;4-6,11,13H,7-10H2,1-3H3;5-6,8-9H,1-4H3;1H;;/q;;-1;;+2;-1. The van der Waals surface area contributed by atoms with Crippen LogP contribution in [0.4, 0.5) is 11.4 Å². The van der Waals surface area contributed by atoms with Gasteiger partial charge in [-0.05, 0) is 139 Å². The number of hydrogen-bond donors (Lipinski definition) is 2. The molecule has 6 rings (SSSR count). The van der Waals surface area contributed by atoms with Crippen molar-refractivity contribution in [2.24, 2.45) is 16.2 Å². The van der Waals surface area contributed by atoms with Crippen molar-refractivity contribution in [2.75, 3.05) is 17.3 Å². The molecule has 3 unspecified atom stereocenters. The molecule has 2 fully saturated rings. The second kappa shape index (κ2) is 24.8. The molecule has 8 nitrogen and oxygen atoms in total. The summed E-state index contributed by atoms with van der Waals surface area (Å²) < 4.78 is 35.1. The van der Waals surface area contributed by atoms with Crippen LogP contribution in [0.15, 0.2) is 101 Å². The van der Waals surface area contributed by atoms with Crippen molar-refractivity contribution in [2.45, 2.75) is 128 Å². The third-order valence-corrected chi connectivity index (χ3v) is 16.3. The predicted octanol–water partition coefficient (Wildman–Crippen LogP) is 11.5. The summed E-state index contributed by atoms with van der Waals surface area (Å²) >= 11 is 0. The van der Waals surface area contributed by atoms with Gasteiger partial charge in [-0.1, -0.05) is 87.4 Å². The Kier molecular flexibility index (Phi) is 22.0. The van der Waals surface area contributed by atoms with E-state index in [4.69, 9.17) is 11.0 Å². The summed E-state index contributed by atoms with van der Waals surface area (Å²) in [6.45, 7) is 18.7. The average Bonchev–Trinajstić information content (AvgIpc) is 4.17. The summed E-state index contributed by atoms with van der Waals surface area (Å²) in [5.74, 6) is 1.53. The number of nitrogens with two attached hydrogens (primary N) is 1. The SMILES string of the molecule is CC(C)(C)S(=O)N=C(CCC1CC1)c1cccc(C#N)c1.CC(C)(C)S(=O)NC(CCC1CC1)(c1cccc(N)c1)c1cccc(C#N)c1.CN(c1c[c-]ccc1)[Si](C)(C)C.Cl.[H-].[Mg+2]. The fourth-order valence-corrected chi connectivity index (χ4v) is 8.94. The fraction of sp³-hybridized carbons (Fsp3) is 0.460. The topological polar surface area (TPSA) is 135 Å². The van der Waals surface area contributed by atoms with Crippen LogP contribution in [0, 0.1) is 40.6 Å². The first-order chi connectivity index (χ1) is 28.7. The van der Waals surface area contributed by atoms with Crippen molar-refractivity contribution in [3.8, 4) is 12.1 Å². The Bertz CT molecular complexity index is 2240. The van der Waals surface area contributed by atoms with Crippen LogP contribution in [0.3, 0.4) is 0 Å². The third kappa shape index (κ3) is 17.9. The molecule has 0 aromatic heterocycles. The fourth-order valence-electron chi connectivity index (χ4n) is 6.40. The minimum absolute atomic E-state index is 0. The number of nitrogens with one attached hydrogen (secondary N) is 1. The van der Waals surface area contributed by atoms with Crippen LogP contribution in [0.25, 0.3) is 0 Å². The van der Waals surface area contributed by atoms with Crippen molar-refractivity contribution >= 4 is 82.8 Å². The van der Waals surface area contributed by atoms with Crippen LogP contribution in [0.5, 0.6) is 0 Å². The van der Waals surface area contributed by atoms with E-state index in [2.05, 4.69) is 64.6 Å². The number of nitriles is 2. The van der Waals surface area contributed by atoms with Gasteiger partial charge < -0.3 is 11.7 Å². The van der Waals surface area contributed by atoms with E-state index in [0.29, 0.717) is 16.8 Å². The zero-order chi connectivity index (χ0) is 45.0. The second-order valence-corrected chi connectivity index (χ2v) is 28.1. The van der Waals surface area contributed by atoms with Crippen LogP contribution in [-0.4, -0.2) is 62.0 Å². The monoisotopic (exact) mass is 936 g/mol. The molecule has 0 amide bonds. The van der Waals surface area contributed by atoms with Crippen molar-refractivity contribution in [3.05, 3.63) is 131 Å². The second-order valence-electron chi connectivity index (χ2n) is 19.3. The minimum atomic E-state index is -1.29. The summed E-state index contributed by atoms with van der Waals surface area (Å²) in [6, 6.07) is 38.5. The molecule has 0 bridgehead atoms. The van der Waals surface area contributed by atoms with Crippen LogP contribution in [0.1, 0.15) is 122 Å². The van der Waals surface area contributed by atoms with Gasteiger partial charge in [0.05, 0.1) is 55.0 Å². The molecule has 2 saturated carbocycles. The number of benzene rings is 4. The number of nitrogens with zero attached hydrogens (tertiary/aromatic N) is 4. The van der Waals surface area contributed by atoms with Crippen molar-refractivity contribution < 1.29 is 9.84 Å². The summed E-state index contributed by atoms with van der Waals surface area (Å²) in [6.07, 6.45) is 8.89. The molecule has 336 valence electrons. The van der Waals surface area contributed by atoms with Gasteiger partial charge >= 0.3 is 23.1 Å². The van der Waals surface area contributed by atoms with Crippen LogP contribution >= 0.6 is 12.4 Å². The summed E-state index contributed by atoms with van der Waals surface area (Å²) in [5.41, 5.74) is 12.4. The van der Waals surface area contributed by atoms with Crippen molar-refractivity contribution in [1.29, 1.82) is 10.5 Å². The van der Waals surface area contributed by atoms with Gasteiger partial charge in [0.25, 0.3) is 0 Å². The maximum absolute atomic E-state index is 13.2. The Morgan fingerprint density at radius 1 is 0.841 bits per heavy atom. The Balaban J connectivity index is 0.000000504. The molecule has 0 radical (unpaired) electrons. The first-order valence-corrected chi connectivity index (χ1v) is 27.1. The average molecular weight is 938 g/mol. The van der Waals surface area contributed by atoms with Crippen molar-refractivity contribution in [3.63, 3.8) is 0 Å². The molecular formula is C50H69ClMgN6O2S2Si. The maximum Gasteiger partial charge on any atom is 2.00 e. The number of nitrogen functional groups attached to an aromatic ring is 1. The molecule has 0 aliphatic heterocycles. The van der Waals surface area contributed by atoms with E-state index >= 15 is 0 Å². The molecule has 0 saturated heterocycles. The Morgan fingerprint density at radius 2 is 1.40 bits per heavy atom. The molecule has 2 aliphatic rings. The number of halogens is 1. The number of anilines is 2. The summed E-state index contributed by atoms with van der Waals surface area (Å²) in [4.78, 5) is 0. The Morgan fingerprint density at radius 3 is 1.90 bits per heavy atom. The van der Waals surface area contributed by atoms with Crippen LogP contribution in [-0.2, 0) is 27.5 Å². The molecule has 3 atom stereocenters. The molecule has 0 spiro atoms. The Labute approximate surface area is 409 Å². The summed E-state index contributed by atoms with van der Waals surface area (Å²) in [7, 11) is -1.58. The quantitative estimate of drug-likeness (QED) is 0.0559. The zero-order valence-corrected chi connectivity index (χ0v) is 44.0. The first kappa shape index (κ1) is 55.8. The normalized spacial score (nSPS) is 15.7. The van der Waals surface area contributed by atoms with E-state index < -0.39 is 40.5 Å². The van der Waals surface area contributed by atoms with Gasteiger partial charge in [-0.15, -0.1) is 12.4 Å². The molecule has 13 heteroatoms. The molecule has 3 N–H and O–H groups in total. The van der Waals surface area contributed by atoms with Gasteiger partial charge in [-0.2, -0.15) is 45.3 Å². The number of rotatable bonds is 14. The van der Waals surface area contributed by atoms with Gasteiger partial charge in [0, 0.05) is 5.69 Å². The van der Waals surface area contributed by atoms with E-state index in [-0.39, 0.29) is 41.6 Å². The van der Waals surface area contributed by atoms with Crippen LogP contribution < -0.4 is 15.0 Å². The molecule has 63 heavy (non-hydrogen) atoms. The smallest absolute Gasteiger partial charge is 1.00 e. The Hall–Kier alpha value is -3.34. The zero-order valence-electron chi connectivity index (χ0n) is 40.2. The van der Waals surface area contributed by atoms with E-state index in [1.165, 1.54) is 31.4 Å². The molecule has 0 heterocycles. The van der Waals surface area contributed by atoms with Gasteiger partial charge in [-0.25, -0.2) is 13.1 Å². The van der Waals surface area contributed by atoms with Crippen molar-refractivity contribution in [1.82, 2.24) is 4.72 Å². The molecule has 2 aliphatic carbocycles. The van der Waals surface area contributed by atoms with Crippen LogP contribution in [0.2, 0.25) is 19.6 Å². The minimum Gasteiger partial charge on any atom is -1.00 e. The first-order valence-electron chi connectivity index (χ1n) is 21.4. The van der Waals surface area contributed by atoms with E-state index in [0.717, 1.165) is 59.9 Å². The molecular weight excluding hydrogens is 869 g/mol. The predicted molar refractivity (Wildman–Crippen MR) is 274 cm³/mol. The van der Waals surface area contributed by atoms with E-state index in [9.17, 15) is 13.7 Å². The van der Waals surface area contributed by atoms with Gasteiger partial charge in [-0.3, -0.25) is 0 Å². The molecule has 4 aromatic carbocycles. The van der Waals surface area contributed by atoms with E-state index in [1.54, 1.807) is 12.1 Å². The number of hydrogen-bond acceptors (Lipinski definition) is 6. The maximum atomic E-state index is 13.2. The van der Waals surface area contributed by atoms with Gasteiger partial charge in [0.15, 0.2) is 0 Å². The van der Waals surface area contributed by atoms with Gasteiger partial charge in [0.1, 0.15) is 19.2 Å². The molecule has 4 aromatic rings. The third-order valence-electron chi connectivity index (χ3n) is 10.9. The van der Waals surface area contributed by atoms with Gasteiger partial charge in [0.2, 0.25) is 0 Å². The van der Waals surface area contributed by atoms with E-state index in [1.807, 2.05) is 120 Å². The summed E-state index contributed by atoms with van der Waals surface area (Å²) in [5, 5.41) is 18.5. The largest absolute Gasteiger partial charge is 2.00 e.